The molecule has 8 heteroatoms. The molecule has 1 aromatic heterocycles. The van der Waals surface area contributed by atoms with Crippen LogP contribution < -0.4 is 5.73 Å². The Hall–Kier alpha value is -3.23. The van der Waals surface area contributed by atoms with Crippen molar-refractivity contribution < 1.29 is 14.3 Å². The Bertz CT molecular complexity index is 1420. The lowest BCUT2D eigenvalue weighted by Gasteiger charge is -2.41. The molecule has 3 aliphatic heterocycles. The monoisotopic (exact) mass is 574 g/mol. The molecule has 7 nitrogen and oxygen atoms in total. The second-order valence-electron chi connectivity index (χ2n) is 10.6. The summed E-state index contributed by atoms with van der Waals surface area (Å²) >= 11 is 3.45. The van der Waals surface area contributed by atoms with Crippen LogP contribution in [0.3, 0.4) is 0 Å². The molecular weight excluding hydrogens is 544 g/mol. The number of halogens is 1. The van der Waals surface area contributed by atoms with Gasteiger partial charge in [-0.3, -0.25) is 14.6 Å². The Kier molecular flexibility index (Phi) is 6.48. The van der Waals surface area contributed by atoms with Gasteiger partial charge in [0.05, 0.1) is 12.2 Å². The molecule has 0 radical (unpaired) electrons. The lowest BCUT2D eigenvalue weighted by Crippen LogP contribution is -2.50. The number of piperidine rings is 1. The summed E-state index contributed by atoms with van der Waals surface area (Å²) in [7, 11) is 0. The number of hydrogen-bond acceptors (Lipinski definition) is 5. The van der Waals surface area contributed by atoms with Crippen molar-refractivity contribution in [1.29, 1.82) is 0 Å². The first-order valence-electron chi connectivity index (χ1n) is 13.1. The Morgan fingerprint density at radius 1 is 1.13 bits per heavy atom. The van der Waals surface area contributed by atoms with Crippen molar-refractivity contribution in [2.45, 2.75) is 57.4 Å². The third kappa shape index (κ3) is 4.39. The number of hydrogen-bond donors (Lipinski definition) is 1. The second kappa shape index (κ2) is 9.82. The average Bonchev–Trinajstić information content (AvgIpc) is 3.28. The number of ether oxygens (including phenoxy) is 1. The Morgan fingerprint density at radius 2 is 1.89 bits per heavy atom. The predicted molar refractivity (Wildman–Crippen MR) is 148 cm³/mol. The molecule has 38 heavy (non-hydrogen) atoms. The summed E-state index contributed by atoms with van der Waals surface area (Å²) in [6.07, 6.45) is 6.17. The Balaban J connectivity index is 1.21. The van der Waals surface area contributed by atoms with E-state index in [0.717, 1.165) is 34.0 Å². The van der Waals surface area contributed by atoms with Gasteiger partial charge in [0, 0.05) is 65.8 Å². The van der Waals surface area contributed by atoms with E-state index >= 15 is 0 Å². The molecule has 1 fully saturated rings. The maximum absolute atomic E-state index is 13.9. The number of nitrogens with two attached hydrogens (primary N) is 1. The van der Waals surface area contributed by atoms with Gasteiger partial charge in [-0.05, 0) is 82.6 Å². The highest BCUT2D eigenvalue weighted by Crippen LogP contribution is 2.44. The molecule has 3 aliphatic rings. The highest BCUT2D eigenvalue weighted by molar-refractivity contribution is 9.10. The smallest absolute Gasteiger partial charge is 0.254 e. The molecule has 6 rings (SSSR count). The van der Waals surface area contributed by atoms with Crippen LogP contribution in [0, 0.1) is 6.92 Å². The van der Waals surface area contributed by atoms with Gasteiger partial charge in [0.25, 0.3) is 5.91 Å². The normalized spacial score (nSPS) is 19.8. The van der Waals surface area contributed by atoms with Crippen molar-refractivity contribution in [3.8, 4) is 0 Å². The van der Waals surface area contributed by atoms with Crippen LogP contribution in [0.25, 0.3) is 0 Å². The summed E-state index contributed by atoms with van der Waals surface area (Å²) in [6, 6.07) is 13.6. The number of amides is 2. The third-order valence-corrected chi connectivity index (χ3v) is 9.12. The topological polar surface area (TPSA) is 88.8 Å². The summed E-state index contributed by atoms with van der Waals surface area (Å²) in [5.74, 6) is -0.00598. The van der Waals surface area contributed by atoms with Gasteiger partial charge in [-0.15, -0.1) is 0 Å². The van der Waals surface area contributed by atoms with E-state index in [4.69, 9.17) is 10.5 Å². The SMILES string of the molecule is Cc1cc(Br)c(N)cc1C(=O)N1Cc2ccccc2C[C@@H]1CC(=O)N1CCC2(CC1)OCc1ccncc12. The first-order chi connectivity index (χ1) is 18.3. The zero-order valence-corrected chi connectivity index (χ0v) is 23.0. The molecule has 1 spiro atoms. The predicted octanol–water partition coefficient (Wildman–Crippen LogP) is 4.74. The van der Waals surface area contributed by atoms with Gasteiger partial charge in [-0.1, -0.05) is 24.3 Å². The molecule has 2 amide bonds. The van der Waals surface area contributed by atoms with Gasteiger partial charge in [-0.25, -0.2) is 0 Å². The van der Waals surface area contributed by atoms with Gasteiger partial charge in [0.15, 0.2) is 0 Å². The van der Waals surface area contributed by atoms with Crippen LogP contribution in [0.5, 0.6) is 0 Å². The molecule has 0 saturated carbocycles. The lowest BCUT2D eigenvalue weighted by molar-refractivity contribution is -0.139. The van der Waals surface area contributed by atoms with E-state index in [1.54, 1.807) is 12.3 Å². The standard InChI is InChI=1S/C30H31BrN4O3/c1-19-12-26(31)27(32)15-24(19)29(37)35-17-21-5-3-2-4-20(21)13-23(35)14-28(36)34-10-7-30(8-11-34)25-16-33-9-6-22(25)18-38-30/h2-6,9,12,15-16,23H,7-8,10-11,13-14,17-18,32H2,1H3/t23-/m1/s1. The van der Waals surface area contributed by atoms with E-state index in [-0.39, 0.29) is 29.9 Å². The van der Waals surface area contributed by atoms with E-state index < -0.39 is 0 Å². The molecule has 0 aliphatic carbocycles. The number of anilines is 1. The number of benzene rings is 2. The third-order valence-electron chi connectivity index (χ3n) is 8.43. The maximum Gasteiger partial charge on any atom is 0.254 e. The summed E-state index contributed by atoms with van der Waals surface area (Å²) in [4.78, 5) is 35.6. The number of nitrogens with zero attached hydrogens (tertiary/aromatic N) is 3. The van der Waals surface area contributed by atoms with Crippen LogP contribution in [-0.2, 0) is 34.7 Å². The van der Waals surface area contributed by atoms with Crippen molar-refractivity contribution in [2.75, 3.05) is 18.8 Å². The van der Waals surface area contributed by atoms with Gasteiger partial charge >= 0.3 is 0 Å². The fourth-order valence-corrected chi connectivity index (χ4v) is 6.65. The largest absolute Gasteiger partial charge is 0.398 e. The maximum atomic E-state index is 13.9. The first kappa shape index (κ1) is 25.1. The summed E-state index contributed by atoms with van der Waals surface area (Å²) < 4.78 is 7.02. The van der Waals surface area contributed by atoms with E-state index in [0.29, 0.717) is 43.9 Å². The first-order valence-corrected chi connectivity index (χ1v) is 13.9. The van der Waals surface area contributed by atoms with Crippen molar-refractivity contribution in [3.63, 3.8) is 0 Å². The molecule has 0 unspecified atom stereocenters. The van der Waals surface area contributed by atoms with E-state index in [9.17, 15) is 9.59 Å². The van der Waals surface area contributed by atoms with Crippen LogP contribution >= 0.6 is 15.9 Å². The minimum atomic E-state index is -0.342. The van der Waals surface area contributed by atoms with Gasteiger partial charge < -0.3 is 20.3 Å². The minimum absolute atomic E-state index is 0.0819. The molecule has 2 N–H and O–H groups in total. The number of likely N-dealkylation sites (tertiary alicyclic amines) is 1. The fourth-order valence-electron chi connectivity index (χ4n) is 6.20. The van der Waals surface area contributed by atoms with Crippen LogP contribution in [0.15, 0.2) is 59.3 Å². The number of carbonyl (C=O) groups is 2. The number of aryl methyl sites for hydroxylation is 1. The number of carbonyl (C=O) groups excluding carboxylic acids is 2. The second-order valence-corrected chi connectivity index (χ2v) is 11.5. The number of rotatable bonds is 3. The van der Waals surface area contributed by atoms with Crippen molar-refractivity contribution in [1.82, 2.24) is 14.8 Å². The molecule has 0 bridgehead atoms. The number of nitrogen functional groups attached to an aromatic ring is 1. The van der Waals surface area contributed by atoms with Crippen LogP contribution in [0.4, 0.5) is 5.69 Å². The van der Waals surface area contributed by atoms with Crippen LogP contribution in [0.1, 0.15) is 57.4 Å². The molecule has 1 atom stereocenters. The zero-order chi connectivity index (χ0) is 26.4. The quantitative estimate of drug-likeness (QED) is 0.456. The summed E-state index contributed by atoms with van der Waals surface area (Å²) in [5, 5.41) is 0. The summed E-state index contributed by atoms with van der Waals surface area (Å²) in [6.45, 7) is 4.25. The van der Waals surface area contributed by atoms with Gasteiger partial charge in [-0.2, -0.15) is 0 Å². The van der Waals surface area contributed by atoms with Gasteiger partial charge in [0.2, 0.25) is 5.91 Å². The van der Waals surface area contributed by atoms with Gasteiger partial charge in [0.1, 0.15) is 0 Å². The highest BCUT2D eigenvalue weighted by Gasteiger charge is 2.44. The van der Waals surface area contributed by atoms with E-state index in [2.05, 4.69) is 33.0 Å². The molecular formula is C30H31BrN4O3. The number of pyridine rings is 1. The number of aromatic nitrogens is 1. The van der Waals surface area contributed by atoms with Crippen LogP contribution in [-0.4, -0.2) is 45.7 Å². The Labute approximate surface area is 231 Å². The van der Waals surface area contributed by atoms with Crippen LogP contribution in [0.2, 0.25) is 0 Å². The minimum Gasteiger partial charge on any atom is -0.398 e. The average molecular weight is 576 g/mol. The molecule has 4 heterocycles. The fraction of sp³-hybridized carbons (Fsp3) is 0.367. The van der Waals surface area contributed by atoms with E-state index in [1.807, 2.05) is 47.2 Å². The number of fused-ring (bicyclic) bond motifs is 3. The molecule has 2 aromatic carbocycles. The zero-order valence-electron chi connectivity index (χ0n) is 21.5. The lowest BCUT2D eigenvalue weighted by atomic mass is 9.84. The van der Waals surface area contributed by atoms with E-state index in [1.165, 1.54) is 11.1 Å². The molecule has 196 valence electrons. The van der Waals surface area contributed by atoms with Crippen molar-refractivity contribution >= 4 is 33.4 Å². The van der Waals surface area contributed by atoms with Crippen molar-refractivity contribution in [2.24, 2.45) is 0 Å². The Morgan fingerprint density at radius 3 is 2.68 bits per heavy atom. The molecule has 1 saturated heterocycles. The summed E-state index contributed by atoms with van der Waals surface area (Å²) in [5.41, 5.74) is 12.4. The molecule has 3 aromatic rings. The van der Waals surface area contributed by atoms with Crippen molar-refractivity contribution in [3.05, 3.63) is 92.7 Å². The highest BCUT2D eigenvalue weighted by atomic mass is 79.9.